The third kappa shape index (κ3) is 6.27. The molecule has 8 nitrogen and oxygen atoms in total. The number of fused-ring (bicyclic) bond motifs is 1. The molecule has 0 aliphatic carbocycles. The van der Waals surface area contributed by atoms with Gasteiger partial charge in [-0.1, -0.05) is 11.6 Å². The highest BCUT2D eigenvalue weighted by Gasteiger charge is 2.32. The number of nitrogens with zero attached hydrogens (tertiary/aromatic N) is 2. The monoisotopic (exact) mass is 530 g/mol. The van der Waals surface area contributed by atoms with E-state index in [0.717, 1.165) is 23.0 Å². The molecular weight excluding hydrogens is 500 g/mol. The molecule has 2 aromatic carbocycles. The van der Waals surface area contributed by atoms with Gasteiger partial charge in [0.2, 0.25) is 15.9 Å². The Morgan fingerprint density at radius 3 is 2.58 bits per heavy atom. The van der Waals surface area contributed by atoms with Crippen molar-refractivity contribution in [3.05, 3.63) is 59.8 Å². The first-order valence-corrected chi connectivity index (χ1v) is 14.0. The van der Waals surface area contributed by atoms with Crippen LogP contribution >= 0.6 is 11.6 Å². The van der Waals surface area contributed by atoms with Gasteiger partial charge in [-0.25, -0.2) is 8.42 Å². The van der Waals surface area contributed by atoms with E-state index < -0.39 is 10.0 Å². The molecule has 192 valence electrons. The second-order valence-electron chi connectivity index (χ2n) is 8.67. The number of nitrogens with one attached hydrogen (secondary N) is 2. The van der Waals surface area contributed by atoms with Crippen LogP contribution in [0.1, 0.15) is 26.2 Å². The van der Waals surface area contributed by atoms with Crippen molar-refractivity contribution in [3.8, 4) is 5.75 Å². The van der Waals surface area contributed by atoms with Gasteiger partial charge in [0.25, 0.3) is 0 Å². The zero-order valence-corrected chi connectivity index (χ0v) is 21.8. The number of anilines is 1. The molecule has 1 saturated heterocycles. The normalized spacial score (nSPS) is 15.1. The number of benzene rings is 2. The van der Waals surface area contributed by atoms with Crippen LogP contribution in [-0.2, 0) is 14.8 Å². The van der Waals surface area contributed by atoms with Crippen LogP contribution in [0.5, 0.6) is 5.75 Å². The van der Waals surface area contributed by atoms with E-state index in [9.17, 15) is 13.2 Å². The number of sulfonamides is 1. The molecule has 0 unspecified atom stereocenters. The molecule has 0 saturated carbocycles. The van der Waals surface area contributed by atoms with E-state index in [4.69, 9.17) is 16.3 Å². The maximum Gasteiger partial charge on any atom is 0.243 e. The minimum Gasteiger partial charge on any atom is -0.494 e. The Labute approximate surface area is 217 Å². The maximum atomic E-state index is 13.0. The lowest BCUT2D eigenvalue weighted by molar-refractivity contribution is -0.126. The molecule has 0 bridgehead atoms. The Morgan fingerprint density at radius 2 is 1.86 bits per heavy atom. The lowest BCUT2D eigenvalue weighted by Gasteiger charge is -2.30. The minimum absolute atomic E-state index is 0.0166. The lowest BCUT2D eigenvalue weighted by Crippen LogP contribution is -2.43. The predicted molar refractivity (Wildman–Crippen MR) is 142 cm³/mol. The first-order valence-electron chi connectivity index (χ1n) is 12.2. The fourth-order valence-corrected chi connectivity index (χ4v) is 5.96. The van der Waals surface area contributed by atoms with Crippen LogP contribution in [0.2, 0.25) is 5.02 Å². The molecule has 2 heterocycles. The minimum atomic E-state index is -3.59. The Bertz CT molecular complexity index is 1290. The van der Waals surface area contributed by atoms with E-state index in [2.05, 4.69) is 15.6 Å². The fraction of sp³-hybridized carbons (Fsp3) is 0.385. The Balaban J connectivity index is 1.20. The summed E-state index contributed by atoms with van der Waals surface area (Å²) in [4.78, 5) is 17.2. The number of hydrogen-bond donors (Lipinski definition) is 2. The van der Waals surface area contributed by atoms with Crippen LogP contribution in [0.3, 0.4) is 0 Å². The van der Waals surface area contributed by atoms with Crippen molar-refractivity contribution in [1.82, 2.24) is 14.6 Å². The van der Waals surface area contributed by atoms with Gasteiger partial charge in [-0.05, 0) is 74.7 Å². The molecule has 1 amide bonds. The number of aromatic nitrogens is 1. The third-order valence-electron chi connectivity index (χ3n) is 6.27. The van der Waals surface area contributed by atoms with Crippen molar-refractivity contribution in [2.45, 2.75) is 31.1 Å². The highest BCUT2D eigenvalue weighted by Crippen LogP contribution is 2.26. The predicted octanol–water partition coefficient (Wildman–Crippen LogP) is 4.31. The second-order valence-corrected chi connectivity index (χ2v) is 11.0. The maximum absolute atomic E-state index is 13.0. The summed E-state index contributed by atoms with van der Waals surface area (Å²) in [5.41, 5.74) is 1.81. The fourth-order valence-electron chi connectivity index (χ4n) is 4.32. The number of carbonyl (C=O) groups is 1. The van der Waals surface area contributed by atoms with Crippen molar-refractivity contribution < 1.29 is 17.9 Å². The van der Waals surface area contributed by atoms with Crippen LogP contribution in [0.15, 0.2) is 59.6 Å². The average molecular weight is 531 g/mol. The van der Waals surface area contributed by atoms with Crippen molar-refractivity contribution in [2.24, 2.45) is 5.92 Å². The summed E-state index contributed by atoms with van der Waals surface area (Å²) in [5.74, 6) is 0.441. The van der Waals surface area contributed by atoms with Gasteiger partial charge in [-0.2, -0.15) is 4.31 Å². The molecule has 1 fully saturated rings. The Morgan fingerprint density at radius 1 is 1.11 bits per heavy atom. The van der Waals surface area contributed by atoms with E-state index in [1.807, 2.05) is 31.2 Å². The lowest BCUT2D eigenvalue weighted by atomic mass is 9.97. The van der Waals surface area contributed by atoms with Crippen molar-refractivity contribution in [2.75, 3.05) is 38.1 Å². The largest absolute Gasteiger partial charge is 0.494 e. The average Bonchev–Trinajstić information content (AvgIpc) is 2.89. The Kier molecular flexibility index (Phi) is 8.66. The van der Waals surface area contributed by atoms with Gasteiger partial charge in [0.05, 0.1) is 17.0 Å². The number of hydrogen-bond acceptors (Lipinski definition) is 6. The number of halogens is 1. The first kappa shape index (κ1) is 26.2. The molecule has 2 N–H and O–H groups in total. The van der Waals surface area contributed by atoms with E-state index >= 15 is 0 Å². The van der Waals surface area contributed by atoms with Crippen LogP contribution in [0.4, 0.5) is 5.69 Å². The third-order valence-corrected chi connectivity index (χ3v) is 8.42. The van der Waals surface area contributed by atoms with Crippen LogP contribution < -0.4 is 15.4 Å². The molecule has 1 aliphatic heterocycles. The van der Waals surface area contributed by atoms with Gasteiger partial charge < -0.3 is 15.4 Å². The van der Waals surface area contributed by atoms with Gasteiger partial charge in [0.1, 0.15) is 5.75 Å². The topological polar surface area (TPSA) is 101 Å². The SMILES string of the molecule is CCOc1ccc(S(=O)(=O)N2CCC(C(=O)NCCCNc3ccnc4cc(Cl)ccc34)CC2)cc1. The summed E-state index contributed by atoms with van der Waals surface area (Å²) >= 11 is 6.05. The van der Waals surface area contributed by atoms with E-state index in [1.165, 1.54) is 4.31 Å². The zero-order chi connectivity index (χ0) is 25.5. The molecule has 0 atom stereocenters. The highest BCUT2D eigenvalue weighted by atomic mass is 35.5. The summed E-state index contributed by atoms with van der Waals surface area (Å²) in [7, 11) is -3.59. The van der Waals surface area contributed by atoms with Crippen molar-refractivity contribution in [3.63, 3.8) is 0 Å². The molecule has 10 heteroatoms. The summed E-state index contributed by atoms with van der Waals surface area (Å²) < 4.78 is 32.8. The molecule has 3 aromatic rings. The van der Waals surface area contributed by atoms with Crippen LogP contribution in [0.25, 0.3) is 10.9 Å². The first-order chi connectivity index (χ1) is 17.4. The standard InChI is InChI=1S/C26H31ClN4O4S/c1-2-35-21-5-7-22(8-6-21)36(33,34)31-16-11-19(12-17-31)26(32)30-14-3-13-28-24-10-15-29-25-18-20(27)4-9-23(24)25/h4-10,15,18-19H,2-3,11-14,16-17H2,1H3,(H,28,29)(H,30,32). The van der Waals surface area contributed by atoms with Crippen molar-refractivity contribution >= 4 is 44.1 Å². The van der Waals surface area contributed by atoms with Gasteiger partial charge in [-0.15, -0.1) is 0 Å². The number of rotatable bonds is 10. The van der Waals surface area contributed by atoms with E-state index in [-0.39, 0.29) is 16.7 Å². The van der Waals surface area contributed by atoms with E-state index in [1.54, 1.807) is 30.5 Å². The number of ether oxygens (including phenoxy) is 1. The number of amides is 1. The van der Waals surface area contributed by atoms with Gasteiger partial charge in [0.15, 0.2) is 0 Å². The molecule has 0 radical (unpaired) electrons. The molecule has 1 aromatic heterocycles. The Hall–Kier alpha value is -2.88. The van der Waals surface area contributed by atoms with Gasteiger partial charge >= 0.3 is 0 Å². The molecule has 4 rings (SSSR count). The molecule has 0 spiro atoms. The van der Waals surface area contributed by atoms with Gasteiger partial charge in [-0.3, -0.25) is 9.78 Å². The number of pyridine rings is 1. The van der Waals surface area contributed by atoms with E-state index in [0.29, 0.717) is 56.4 Å². The summed E-state index contributed by atoms with van der Waals surface area (Å²) in [6.45, 7) is 4.30. The smallest absolute Gasteiger partial charge is 0.243 e. The summed E-state index contributed by atoms with van der Waals surface area (Å²) in [6.07, 6.45) is 3.51. The molecular formula is C26H31ClN4O4S. The van der Waals surface area contributed by atoms with Crippen LogP contribution in [-0.4, -0.2) is 56.4 Å². The zero-order valence-electron chi connectivity index (χ0n) is 20.2. The number of piperidine rings is 1. The summed E-state index contributed by atoms with van der Waals surface area (Å²) in [5, 5.41) is 8.04. The highest BCUT2D eigenvalue weighted by molar-refractivity contribution is 7.89. The molecule has 1 aliphatic rings. The van der Waals surface area contributed by atoms with Crippen LogP contribution in [0, 0.1) is 5.92 Å². The summed E-state index contributed by atoms with van der Waals surface area (Å²) in [6, 6.07) is 14.0. The van der Waals surface area contributed by atoms with Crippen molar-refractivity contribution in [1.29, 1.82) is 0 Å². The second kappa shape index (κ2) is 11.9. The quantitative estimate of drug-likeness (QED) is 0.379. The number of carbonyl (C=O) groups excluding carboxylic acids is 1. The van der Waals surface area contributed by atoms with Gasteiger partial charge in [0, 0.05) is 54.4 Å². The molecule has 36 heavy (non-hydrogen) atoms.